The Morgan fingerprint density at radius 2 is 1.95 bits per heavy atom. The van der Waals surface area contributed by atoms with Gasteiger partial charge in [0.05, 0.1) is 16.9 Å². The number of carbonyl (C=O) groups is 1. The summed E-state index contributed by atoms with van der Waals surface area (Å²) in [6.07, 6.45) is -0.200. The van der Waals surface area contributed by atoms with Crippen LogP contribution in [0.5, 0.6) is 5.75 Å². The molecule has 0 aliphatic rings. The van der Waals surface area contributed by atoms with Crippen molar-refractivity contribution in [2.45, 2.75) is 39.8 Å². The van der Waals surface area contributed by atoms with Gasteiger partial charge < -0.3 is 15.2 Å². The van der Waals surface area contributed by atoms with Crippen molar-refractivity contribution in [1.82, 2.24) is 0 Å². The molecule has 1 aromatic rings. The van der Waals surface area contributed by atoms with Crippen molar-refractivity contribution >= 4 is 17.3 Å². The fraction of sp³-hybridized carbons (Fsp3) is 0.500. The third-order valence-corrected chi connectivity index (χ3v) is 3.07. The summed E-state index contributed by atoms with van der Waals surface area (Å²) in [5, 5.41) is 23.1. The number of benzene rings is 1. The van der Waals surface area contributed by atoms with Gasteiger partial charge in [-0.25, -0.2) is 0 Å². The van der Waals surface area contributed by atoms with Crippen LogP contribution in [-0.2, 0) is 4.79 Å². The van der Waals surface area contributed by atoms with E-state index < -0.39 is 22.9 Å². The number of rotatable bonds is 7. The number of carboxylic acids is 1. The quantitative estimate of drug-likeness (QED) is 0.592. The Balaban J connectivity index is 3.12. The molecule has 0 saturated heterocycles. The summed E-state index contributed by atoms with van der Waals surface area (Å²) in [6.45, 7) is 6.76. The highest BCUT2D eigenvalue weighted by Crippen LogP contribution is 2.36. The Labute approximate surface area is 123 Å². The first-order valence-corrected chi connectivity index (χ1v) is 6.67. The molecule has 0 radical (unpaired) electrons. The Morgan fingerprint density at radius 3 is 2.43 bits per heavy atom. The Kier molecular flexibility index (Phi) is 5.52. The van der Waals surface area contributed by atoms with Crippen LogP contribution in [0.1, 0.15) is 27.7 Å². The number of anilines is 1. The van der Waals surface area contributed by atoms with E-state index in [0.29, 0.717) is 0 Å². The van der Waals surface area contributed by atoms with E-state index in [9.17, 15) is 14.9 Å². The molecule has 0 amide bonds. The standard InChI is InChI=1S/C14H20N2O5/c1-8(2)21-12-7-5-6-11(13(12)16(19)20)15-10(4)9(3)14(17)18/h5-10,15H,1-4H3,(H,17,18). The SMILES string of the molecule is CC(C)Oc1cccc(NC(C)C(C)C(=O)O)c1[N+](=O)[O-]. The van der Waals surface area contributed by atoms with E-state index in [4.69, 9.17) is 9.84 Å². The number of nitro groups is 1. The highest BCUT2D eigenvalue weighted by Gasteiger charge is 2.26. The van der Waals surface area contributed by atoms with Gasteiger partial charge in [-0.15, -0.1) is 0 Å². The second kappa shape index (κ2) is 6.92. The van der Waals surface area contributed by atoms with E-state index in [1.165, 1.54) is 12.1 Å². The summed E-state index contributed by atoms with van der Waals surface area (Å²) in [6, 6.07) is 4.23. The van der Waals surface area contributed by atoms with Gasteiger partial charge in [0.2, 0.25) is 0 Å². The maximum absolute atomic E-state index is 11.3. The van der Waals surface area contributed by atoms with Crippen molar-refractivity contribution < 1.29 is 19.6 Å². The summed E-state index contributed by atoms with van der Waals surface area (Å²) >= 11 is 0. The average Bonchev–Trinajstić information content (AvgIpc) is 2.36. The number of carboxylic acid groups (broad SMARTS) is 1. The molecule has 0 aromatic heterocycles. The molecule has 0 heterocycles. The number of aliphatic carboxylic acids is 1. The fourth-order valence-corrected chi connectivity index (χ4v) is 1.76. The Hall–Kier alpha value is -2.31. The number of nitro benzene ring substituents is 1. The van der Waals surface area contributed by atoms with E-state index in [1.54, 1.807) is 33.8 Å². The van der Waals surface area contributed by atoms with Crippen LogP contribution in [0.25, 0.3) is 0 Å². The molecule has 1 rings (SSSR count). The third-order valence-electron chi connectivity index (χ3n) is 3.07. The van der Waals surface area contributed by atoms with Crippen molar-refractivity contribution in [2.75, 3.05) is 5.32 Å². The molecule has 0 saturated carbocycles. The molecule has 21 heavy (non-hydrogen) atoms. The number of nitrogens with one attached hydrogen (secondary N) is 1. The number of ether oxygens (including phenoxy) is 1. The van der Waals surface area contributed by atoms with Crippen molar-refractivity contribution in [3.8, 4) is 5.75 Å². The van der Waals surface area contributed by atoms with Crippen LogP contribution in [-0.4, -0.2) is 28.1 Å². The number of nitrogens with zero attached hydrogens (tertiary/aromatic N) is 1. The van der Waals surface area contributed by atoms with Gasteiger partial charge in [0.1, 0.15) is 5.69 Å². The van der Waals surface area contributed by atoms with E-state index in [2.05, 4.69) is 5.32 Å². The molecule has 7 heteroatoms. The minimum Gasteiger partial charge on any atom is -0.484 e. The van der Waals surface area contributed by atoms with Gasteiger partial charge in [-0.3, -0.25) is 14.9 Å². The van der Waals surface area contributed by atoms with Gasteiger partial charge in [-0.1, -0.05) is 6.07 Å². The van der Waals surface area contributed by atoms with Crippen LogP contribution in [0.4, 0.5) is 11.4 Å². The van der Waals surface area contributed by atoms with Crippen LogP contribution in [0.3, 0.4) is 0 Å². The van der Waals surface area contributed by atoms with Crippen LogP contribution in [0.2, 0.25) is 0 Å². The monoisotopic (exact) mass is 296 g/mol. The highest BCUT2D eigenvalue weighted by atomic mass is 16.6. The summed E-state index contributed by atoms with van der Waals surface area (Å²) in [7, 11) is 0. The van der Waals surface area contributed by atoms with Crippen LogP contribution < -0.4 is 10.1 Å². The van der Waals surface area contributed by atoms with E-state index in [-0.39, 0.29) is 23.2 Å². The smallest absolute Gasteiger partial charge is 0.333 e. The normalized spacial score (nSPS) is 13.6. The van der Waals surface area contributed by atoms with Gasteiger partial charge in [0.15, 0.2) is 5.75 Å². The van der Waals surface area contributed by atoms with Crippen LogP contribution in [0, 0.1) is 16.0 Å². The molecule has 0 spiro atoms. The lowest BCUT2D eigenvalue weighted by Crippen LogP contribution is -2.30. The molecular weight excluding hydrogens is 276 g/mol. The van der Waals surface area contributed by atoms with Gasteiger partial charge in [0, 0.05) is 6.04 Å². The lowest BCUT2D eigenvalue weighted by molar-refractivity contribution is -0.385. The van der Waals surface area contributed by atoms with Crippen LogP contribution in [0.15, 0.2) is 18.2 Å². The summed E-state index contributed by atoms with van der Waals surface area (Å²) < 4.78 is 5.44. The molecule has 0 bridgehead atoms. The van der Waals surface area contributed by atoms with Gasteiger partial charge >= 0.3 is 11.7 Å². The predicted octanol–water partition coefficient (Wildman–Crippen LogP) is 2.90. The summed E-state index contributed by atoms with van der Waals surface area (Å²) in [5.41, 5.74) is 0.0642. The van der Waals surface area contributed by atoms with Crippen molar-refractivity contribution in [2.24, 2.45) is 5.92 Å². The van der Waals surface area contributed by atoms with Crippen molar-refractivity contribution in [3.63, 3.8) is 0 Å². The molecule has 0 aliphatic carbocycles. The van der Waals surface area contributed by atoms with Crippen LogP contribution >= 0.6 is 0 Å². The first-order chi connectivity index (χ1) is 9.73. The summed E-state index contributed by atoms with van der Waals surface area (Å²) in [4.78, 5) is 21.7. The molecule has 1 aromatic carbocycles. The molecule has 0 aliphatic heterocycles. The zero-order valence-electron chi connectivity index (χ0n) is 12.5. The molecule has 116 valence electrons. The Bertz CT molecular complexity index is 530. The Morgan fingerprint density at radius 1 is 1.33 bits per heavy atom. The van der Waals surface area contributed by atoms with Gasteiger partial charge in [-0.2, -0.15) is 0 Å². The second-order valence-electron chi connectivity index (χ2n) is 5.14. The van der Waals surface area contributed by atoms with E-state index in [1.807, 2.05) is 0 Å². The van der Waals surface area contributed by atoms with E-state index in [0.717, 1.165) is 0 Å². The highest BCUT2D eigenvalue weighted by molar-refractivity contribution is 5.73. The molecular formula is C14H20N2O5. The fourth-order valence-electron chi connectivity index (χ4n) is 1.76. The lowest BCUT2D eigenvalue weighted by atomic mass is 10.0. The first-order valence-electron chi connectivity index (χ1n) is 6.67. The average molecular weight is 296 g/mol. The maximum atomic E-state index is 11.3. The van der Waals surface area contributed by atoms with Gasteiger partial charge in [-0.05, 0) is 39.8 Å². The second-order valence-corrected chi connectivity index (χ2v) is 5.14. The van der Waals surface area contributed by atoms with E-state index >= 15 is 0 Å². The van der Waals surface area contributed by atoms with Crippen molar-refractivity contribution in [3.05, 3.63) is 28.3 Å². The van der Waals surface area contributed by atoms with Gasteiger partial charge in [0.25, 0.3) is 0 Å². The maximum Gasteiger partial charge on any atom is 0.333 e. The lowest BCUT2D eigenvalue weighted by Gasteiger charge is -2.20. The summed E-state index contributed by atoms with van der Waals surface area (Å²) in [5.74, 6) is -1.48. The molecule has 2 unspecified atom stereocenters. The predicted molar refractivity (Wildman–Crippen MR) is 78.7 cm³/mol. The number of hydrogen-bond donors (Lipinski definition) is 2. The molecule has 2 N–H and O–H groups in total. The topological polar surface area (TPSA) is 102 Å². The minimum atomic E-state index is -0.966. The van der Waals surface area contributed by atoms with Crippen molar-refractivity contribution in [1.29, 1.82) is 0 Å². The third kappa shape index (κ3) is 4.34. The molecule has 2 atom stereocenters. The molecule has 0 fully saturated rings. The first kappa shape index (κ1) is 16.7. The zero-order chi connectivity index (χ0) is 16.2. The number of hydrogen-bond acceptors (Lipinski definition) is 5. The number of para-hydroxylation sites is 1. The minimum absolute atomic E-state index is 0.162. The zero-order valence-corrected chi connectivity index (χ0v) is 12.5. The largest absolute Gasteiger partial charge is 0.484 e. The molecule has 7 nitrogen and oxygen atoms in total.